The van der Waals surface area contributed by atoms with E-state index in [9.17, 15) is 14.4 Å². The van der Waals surface area contributed by atoms with Crippen molar-refractivity contribution in [1.29, 1.82) is 0 Å². The van der Waals surface area contributed by atoms with Gasteiger partial charge in [0.05, 0.1) is 30.9 Å². The Hall–Kier alpha value is -3.45. The summed E-state index contributed by atoms with van der Waals surface area (Å²) in [5.41, 5.74) is 0.862. The first-order chi connectivity index (χ1) is 14.5. The topological polar surface area (TPSA) is 74.6 Å². The second kappa shape index (κ2) is 9.84. The number of carbonyl (C=O) groups excluding carboxylic acids is 2. The molecule has 6 nitrogen and oxygen atoms in total. The highest BCUT2D eigenvalue weighted by molar-refractivity contribution is 7.07. The van der Waals surface area contributed by atoms with E-state index in [1.165, 1.54) is 10.6 Å². The van der Waals surface area contributed by atoms with Crippen molar-refractivity contribution in [2.24, 2.45) is 0 Å². The Kier molecular flexibility index (Phi) is 6.98. The van der Waals surface area contributed by atoms with E-state index in [-0.39, 0.29) is 24.5 Å². The first-order valence-electron chi connectivity index (χ1n) is 9.34. The van der Waals surface area contributed by atoms with Crippen molar-refractivity contribution in [3.05, 3.63) is 85.3 Å². The molecule has 1 heterocycles. The quantitative estimate of drug-likeness (QED) is 0.429. The molecule has 7 heteroatoms. The van der Waals surface area contributed by atoms with Crippen LogP contribution in [-0.2, 0) is 16.1 Å². The van der Waals surface area contributed by atoms with Gasteiger partial charge < -0.3 is 9.47 Å². The van der Waals surface area contributed by atoms with Gasteiger partial charge in [-0.15, -0.1) is 11.3 Å². The number of carbonyl (C=O) groups is 2. The minimum Gasteiger partial charge on any atom is -0.496 e. The number of hydrogen-bond donors (Lipinski definition) is 0. The molecular weight excluding hydrogens is 402 g/mol. The van der Waals surface area contributed by atoms with Crippen molar-refractivity contribution in [3.63, 3.8) is 0 Å². The van der Waals surface area contributed by atoms with Crippen molar-refractivity contribution in [1.82, 2.24) is 4.57 Å². The molecule has 0 N–H and O–H groups in total. The summed E-state index contributed by atoms with van der Waals surface area (Å²) in [6.07, 6.45) is 2.94. The minimum atomic E-state index is -0.566. The molecule has 0 saturated carbocycles. The van der Waals surface area contributed by atoms with E-state index in [1.807, 2.05) is 24.3 Å². The molecule has 1 aromatic heterocycles. The highest BCUT2D eigenvalue weighted by atomic mass is 32.1. The molecule has 154 valence electrons. The Morgan fingerprint density at radius 3 is 2.47 bits per heavy atom. The number of para-hydroxylation sites is 1. The van der Waals surface area contributed by atoms with Gasteiger partial charge in [-0.25, -0.2) is 4.79 Å². The van der Waals surface area contributed by atoms with Gasteiger partial charge in [-0.2, -0.15) is 0 Å². The van der Waals surface area contributed by atoms with Crippen molar-refractivity contribution in [2.75, 3.05) is 13.7 Å². The van der Waals surface area contributed by atoms with Crippen LogP contribution >= 0.6 is 11.3 Å². The number of Topliss-reactive ketones (excluding diaryl/α,β-unsaturated/α-hetero) is 1. The zero-order valence-corrected chi connectivity index (χ0v) is 17.5. The molecule has 0 aliphatic heterocycles. The van der Waals surface area contributed by atoms with Crippen LogP contribution in [0.15, 0.2) is 59.4 Å². The Morgan fingerprint density at radius 1 is 1.07 bits per heavy atom. The summed E-state index contributed by atoms with van der Waals surface area (Å²) in [6, 6.07) is 16.0. The highest BCUT2D eigenvalue weighted by Crippen LogP contribution is 2.17. The molecule has 30 heavy (non-hydrogen) atoms. The largest absolute Gasteiger partial charge is 0.496 e. The van der Waals surface area contributed by atoms with E-state index >= 15 is 0 Å². The summed E-state index contributed by atoms with van der Waals surface area (Å²) in [7, 11) is 1.55. The van der Waals surface area contributed by atoms with Gasteiger partial charge in [-0.3, -0.25) is 14.2 Å². The van der Waals surface area contributed by atoms with Crippen molar-refractivity contribution < 1.29 is 19.1 Å². The third-order valence-electron chi connectivity index (χ3n) is 4.29. The van der Waals surface area contributed by atoms with Gasteiger partial charge in [0.15, 0.2) is 5.78 Å². The average Bonchev–Trinajstić information content (AvgIpc) is 3.03. The van der Waals surface area contributed by atoms with Gasteiger partial charge in [-0.05, 0) is 19.1 Å². The van der Waals surface area contributed by atoms with E-state index in [0.717, 1.165) is 16.9 Å². The van der Waals surface area contributed by atoms with Crippen LogP contribution < -0.4 is 19.5 Å². The van der Waals surface area contributed by atoms with Crippen LogP contribution in [0.5, 0.6) is 5.75 Å². The lowest BCUT2D eigenvalue weighted by Gasteiger charge is -2.03. The second-order valence-corrected chi connectivity index (χ2v) is 7.33. The van der Waals surface area contributed by atoms with Crippen molar-refractivity contribution >= 4 is 35.2 Å². The number of ether oxygens (including phenoxy) is 2. The van der Waals surface area contributed by atoms with Crippen LogP contribution in [0.1, 0.15) is 22.8 Å². The van der Waals surface area contributed by atoms with Crippen molar-refractivity contribution in [2.45, 2.75) is 13.5 Å². The van der Waals surface area contributed by atoms with E-state index < -0.39 is 5.97 Å². The molecule has 2 aromatic carbocycles. The van der Waals surface area contributed by atoms with Gasteiger partial charge in [-0.1, -0.05) is 48.5 Å². The maximum absolute atomic E-state index is 13.1. The Labute approximate surface area is 177 Å². The van der Waals surface area contributed by atoms with Crippen LogP contribution in [0.2, 0.25) is 0 Å². The fraction of sp³-hybridized carbons (Fsp3) is 0.174. The SMILES string of the molecule is CCOC(=O)C=c1sc(=Cc2ccccc2OC)c(=O)n1CC(=O)c1ccccc1. The van der Waals surface area contributed by atoms with Gasteiger partial charge in [0.2, 0.25) is 0 Å². The van der Waals surface area contributed by atoms with Crippen LogP contribution in [0.4, 0.5) is 0 Å². The molecule has 0 bridgehead atoms. The first kappa shape index (κ1) is 21.3. The number of nitrogens with zero attached hydrogens (tertiary/aromatic N) is 1. The maximum Gasteiger partial charge on any atom is 0.333 e. The molecule has 0 aliphatic rings. The van der Waals surface area contributed by atoms with Gasteiger partial charge in [0.25, 0.3) is 5.56 Å². The van der Waals surface area contributed by atoms with E-state index in [2.05, 4.69) is 0 Å². The summed E-state index contributed by atoms with van der Waals surface area (Å²) in [5, 5.41) is 0. The number of esters is 1. The van der Waals surface area contributed by atoms with Crippen LogP contribution in [-0.4, -0.2) is 30.0 Å². The van der Waals surface area contributed by atoms with Crippen LogP contribution in [0.25, 0.3) is 12.2 Å². The third kappa shape index (κ3) is 4.93. The van der Waals surface area contributed by atoms with E-state index in [0.29, 0.717) is 20.5 Å². The molecule has 3 rings (SSSR count). The first-order valence-corrected chi connectivity index (χ1v) is 10.2. The second-order valence-electron chi connectivity index (χ2n) is 6.27. The monoisotopic (exact) mass is 423 g/mol. The Morgan fingerprint density at radius 2 is 1.77 bits per heavy atom. The molecule has 3 aromatic rings. The van der Waals surface area contributed by atoms with Gasteiger partial charge in [0, 0.05) is 11.1 Å². The number of methoxy groups -OCH3 is 1. The smallest absolute Gasteiger partial charge is 0.333 e. The minimum absolute atomic E-state index is 0.176. The van der Waals surface area contributed by atoms with Gasteiger partial charge in [0.1, 0.15) is 10.4 Å². The standard InChI is InChI=1S/C23H21NO5S/c1-3-29-22(26)14-21-24(15-18(25)16-9-5-4-6-10-16)23(27)20(30-21)13-17-11-7-8-12-19(17)28-2/h4-14H,3,15H2,1-2H3. The maximum atomic E-state index is 13.1. The normalized spacial score (nSPS) is 12.1. The number of benzene rings is 2. The number of hydrogen-bond acceptors (Lipinski definition) is 6. The number of rotatable bonds is 7. The molecular formula is C23H21NO5S. The van der Waals surface area contributed by atoms with E-state index in [1.54, 1.807) is 50.4 Å². The summed E-state index contributed by atoms with van der Waals surface area (Å²) < 4.78 is 12.4. The van der Waals surface area contributed by atoms with Crippen LogP contribution in [0.3, 0.4) is 0 Å². The summed E-state index contributed by atoms with van der Waals surface area (Å²) >= 11 is 1.12. The van der Waals surface area contributed by atoms with Crippen molar-refractivity contribution in [3.8, 4) is 5.75 Å². The highest BCUT2D eigenvalue weighted by Gasteiger charge is 2.13. The predicted octanol–water partition coefficient (Wildman–Crippen LogP) is 1.97. The zero-order chi connectivity index (χ0) is 21.5. The average molecular weight is 423 g/mol. The van der Waals surface area contributed by atoms with Crippen LogP contribution in [0, 0.1) is 0 Å². The lowest BCUT2D eigenvalue weighted by molar-refractivity contribution is -0.135. The molecule has 0 radical (unpaired) electrons. The molecule has 0 unspecified atom stereocenters. The number of ketones is 1. The molecule has 0 atom stereocenters. The van der Waals surface area contributed by atoms with Gasteiger partial charge >= 0.3 is 5.97 Å². The fourth-order valence-electron chi connectivity index (χ4n) is 2.86. The Bertz CT molecular complexity index is 1220. The summed E-state index contributed by atoms with van der Waals surface area (Å²) in [6.45, 7) is 1.74. The molecule has 0 spiro atoms. The fourth-order valence-corrected chi connectivity index (χ4v) is 3.88. The predicted molar refractivity (Wildman–Crippen MR) is 116 cm³/mol. The summed E-state index contributed by atoms with van der Waals surface area (Å²) in [5.74, 6) is -0.172. The third-order valence-corrected chi connectivity index (χ3v) is 5.35. The van der Waals surface area contributed by atoms with E-state index in [4.69, 9.17) is 9.47 Å². The Balaban J connectivity index is 2.13. The molecule has 0 saturated heterocycles. The lowest BCUT2D eigenvalue weighted by Crippen LogP contribution is -2.34. The lowest BCUT2D eigenvalue weighted by atomic mass is 10.1. The molecule has 0 fully saturated rings. The molecule has 0 aliphatic carbocycles. The summed E-state index contributed by atoms with van der Waals surface area (Å²) in [4.78, 5) is 37.8. The number of aromatic nitrogens is 1. The number of thiazole rings is 1. The zero-order valence-electron chi connectivity index (χ0n) is 16.7. The molecule has 0 amide bonds.